The molecule has 0 unspecified atom stereocenters. The molecule has 0 amide bonds. The van der Waals surface area contributed by atoms with Crippen molar-refractivity contribution >= 4 is 17.3 Å². The fourth-order valence-electron chi connectivity index (χ4n) is 1.30. The van der Waals surface area contributed by atoms with Gasteiger partial charge in [0.25, 0.3) is 0 Å². The Hall–Kier alpha value is -1.41. The van der Waals surface area contributed by atoms with Crippen LogP contribution in [0.4, 0.5) is 0 Å². The molecule has 0 fully saturated rings. The SMILES string of the molecule is O=C1C=C(O)c2ccccc2C1=O.[Ni]. The van der Waals surface area contributed by atoms with E-state index < -0.39 is 11.6 Å². The Morgan fingerprint density at radius 1 is 1.00 bits per heavy atom. The average molecular weight is 233 g/mol. The maximum Gasteiger partial charge on any atom is 0.233 e. The molecule has 1 aromatic carbocycles. The van der Waals surface area contributed by atoms with E-state index in [9.17, 15) is 14.7 Å². The number of hydrogen-bond acceptors (Lipinski definition) is 3. The molecule has 74 valence electrons. The molecule has 0 saturated carbocycles. The quantitative estimate of drug-likeness (QED) is 0.543. The van der Waals surface area contributed by atoms with Crippen LogP contribution in [-0.4, -0.2) is 16.7 Å². The van der Waals surface area contributed by atoms with Gasteiger partial charge in [-0.15, -0.1) is 0 Å². The Bertz CT molecular complexity index is 435. The van der Waals surface area contributed by atoms with Crippen molar-refractivity contribution in [3.8, 4) is 0 Å². The molecular formula is C10H6NiO3. The van der Waals surface area contributed by atoms with Crippen LogP contribution >= 0.6 is 0 Å². The zero-order valence-corrected chi connectivity index (χ0v) is 7.95. The number of aliphatic hydroxyl groups is 1. The van der Waals surface area contributed by atoms with Crippen molar-refractivity contribution in [2.75, 3.05) is 0 Å². The molecule has 0 aliphatic heterocycles. The predicted octanol–water partition coefficient (Wildman–Crippen LogP) is 1.35. The summed E-state index contributed by atoms with van der Waals surface area (Å²) >= 11 is 0. The Labute approximate surface area is 90.4 Å². The van der Waals surface area contributed by atoms with E-state index in [4.69, 9.17) is 0 Å². The van der Waals surface area contributed by atoms with Gasteiger partial charge in [-0.1, -0.05) is 24.3 Å². The van der Waals surface area contributed by atoms with Crippen LogP contribution in [0.3, 0.4) is 0 Å². The van der Waals surface area contributed by atoms with Crippen LogP contribution < -0.4 is 0 Å². The van der Waals surface area contributed by atoms with Gasteiger partial charge in [0.15, 0.2) is 0 Å². The summed E-state index contributed by atoms with van der Waals surface area (Å²) in [4.78, 5) is 22.2. The van der Waals surface area contributed by atoms with E-state index in [0.29, 0.717) is 5.56 Å². The van der Waals surface area contributed by atoms with Crippen molar-refractivity contribution < 1.29 is 31.2 Å². The van der Waals surface area contributed by atoms with Gasteiger partial charge in [0.2, 0.25) is 11.6 Å². The molecule has 3 nitrogen and oxygen atoms in total. The van der Waals surface area contributed by atoms with E-state index in [0.717, 1.165) is 6.08 Å². The van der Waals surface area contributed by atoms with Crippen molar-refractivity contribution in [3.63, 3.8) is 0 Å². The van der Waals surface area contributed by atoms with E-state index >= 15 is 0 Å². The van der Waals surface area contributed by atoms with Crippen molar-refractivity contribution in [2.45, 2.75) is 0 Å². The predicted molar refractivity (Wildman–Crippen MR) is 46.4 cm³/mol. The third kappa shape index (κ3) is 1.49. The number of allylic oxidation sites excluding steroid dienone is 1. The minimum absolute atomic E-state index is 0. The molecule has 0 aromatic heterocycles. The number of carbonyl (C=O) groups excluding carboxylic acids is 2. The first-order valence-electron chi connectivity index (χ1n) is 3.79. The molecule has 1 N–H and O–H groups in total. The molecule has 0 heterocycles. The maximum absolute atomic E-state index is 11.3. The molecule has 1 aliphatic carbocycles. The summed E-state index contributed by atoms with van der Waals surface area (Å²) in [5, 5.41) is 9.34. The largest absolute Gasteiger partial charge is 0.507 e. The van der Waals surface area contributed by atoms with Gasteiger partial charge in [-0.05, 0) is 0 Å². The van der Waals surface area contributed by atoms with Gasteiger partial charge in [0.05, 0.1) is 0 Å². The van der Waals surface area contributed by atoms with E-state index in [2.05, 4.69) is 0 Å². The number of fused-ring (bicyclic) bond motifs is 1. The molecule has 0 radical (unpaired) electrons. The molecule has 4 heteroatoms. The smallest absolute Gasteiger partial charge is 0.233 e. The second-order valence-corrected chi connectivity index (χ2v) is 2.77. The second kappa shape index (κ2) is 3.76. The average Bonchev–Trinajstić information content (AvgIpc) is 2.15. The molecule has 0 saturated heterocycles. The summed E-state index contributed by atoms with van der Waals surface area (Å²) in [5.74, 6) is -1.37. The molecule has 0 spiro atoms. The zero-order chi connectivity index (χ0) is 9.42. The summed E-state index contributed by atoms with van der Waals surface area (Å²) in [5.41, 5.74) is 0.694. The topological polar surface area (TPSA) is 54.4 Å². The number of hydrogen-bond donors (Lipinski definition) is 1. The number of aliphatic hydroxyl groups excluding tert-OH is 1. The van der Waals surface area contributed by atoms with E-state index in [1.54, 1.807) is 18.2 Å². The van der Waals surface area contributed by atoms with Gasteiger partial charge >= 0.3 is 0 Å². The molecule has 1 aliphatic rings. The third-order valence-corrected chi connectivity index (χ3v) is 1.94. The van der Waals surface area contributed by atoms with E-state index in [1.807, 2.05) is 0 Å². The first-order chi connectivity index (χ1) is 6.20. The number of carbonyl (C=O) groups is 2. The maximum atomic E-state index is 11.3. The van der Waals surface area contributed by atoms with Gasteiger partial charge in [0, 0.05) is 33.7 Å². The Kier molecular flexibility index (Phi) is 2.87. The number of ketones is 2. The van der Waals surface area contributed by atoms with Crippen molar-refractivity contribution in [2.24, 2.45) is 0 Å². The Morgan fingerprint density at radius 3 is 2.21 bits per heavy atom. The van der Waals surface area contributed by atoms with Crippen LogP contribution in [0.15, 0.2) is 30.3 Å². The molecular weight excluding hydrogens is 227 g/mol. The summed E-state index contributed by atoms with van der Waals surface area (Å²) in [6.07, 6.45) is 0.949. The summed E-state index contributed by atoms with van der Waals surface area (Å²) in [6.45, 7) is 0. The van der Waals surface area contributed by atoms with Crippen LogP contribution in [-0.2, 0) is 21.3 Å². The van der Waals surface area contributed by atoms with Gasteiger partial charge in [-0.2, -0.15) is 0 Å². The first kappa shape index (κ1) is 10.7. The molecule has 2 rings (SSSR count). The molecule has 0 bridgehead atoms. The fraction of sp³-hybridized carbons (Fsp3) is 0. The van der Waals surface area contributed by atoms with Crippen LogP contribution in [0.1, 0.15) is 15.9 Å². The van der Waals surface area contributed by atoms with Crippen LogP contribution in [0, 0.1) is 0 Å². The van der Waals surface area contributed by atoms with Crippen LogP contribution in [0.5, 0.6) is 0 Å². The standard InChI is InChI=1S/C10H6O3.Ni/c11-8-5-9(12)10(13)7-4-2-1-3-6(7)8;/h1-5,11H;. The molecule has 0 atom stereocenters. The molecule has 14 heavy (non-hydrogen) atoms. The van der Waals surface area contributed by atoms with Crippen molar-refractivity contribution in [3.05, 3.63) is 41.5 Å². The Morgan fingerprint density at radius 2 is 1.57 bits per heavy atom. The summed E-state index contributed by atoms with van der Waals surface area (Å²) < 4.78 is 0. The van der Waals surface area contributed by atoms with E-state index in [-0.39, 0.29) is 27.8 Å². The van der Waals surface area contributed by atoms with Crippen molar-refractivity contribution in [1.29, 1.82) is 0 Å². The monoisotopic (exact) mass is 232 g/mol. The van der Waals surface area contributed by atoms with Gasteiger partial charge in [0.1, 0.15) is 5.76 Å². The summed E-state index contributed by atoms with van der Waals surface area (Å²) in [7, 11) is 0. The van der Waals surface area contributed by atoms with Gasteiger partial charge in [-0.3, -0.25) is 9.59 Å². The van der Waals surface area contributed by atoms with Crippen LogP contribution in [0.2, 0.25) is 0 Å². The zero-order valence-electron chi connectivity index (χ0n) is 6.97. The minimum atomic E-state index is -0.670. The fourth-order valence-corrected chi connectivity index (χ4v) is 1.30. The van der Waals surface area contributed by atoms with Crippen molar-refractivity contribution in [1.82, 2.24) is 0 Å². The van der Waals surface area contributed by atoms with E-state index in [1.165, 1.54) is 6.07 Å². The number of benzene rings is 1. The molecule has 1 aromatic rings. The second-order valence-electron chi connectivity index (χ2n) is 2.77. The number of Topliss-reactive ketones (excluding diaryl/α,β-unsaturated/α-hetero) is 1. The van der Waals surface area contributed by atoms with Crippen LogP contribution in [0.25, 0.3) is 5.76 Å². The van der Waals surface area contributed by atoms with Gasteiger partial charge in [-0.25, -0.2) is 0 Å². The summed E-state index contributed by atoms with van der Waals surface area (Å²) in [6, 6.07) is 6.48. The first-order valence-corrected chi connectivity index (χ1v) is 3.79. The Balaban J connectivity index is 0.000000980. The van der Waals surface area contributed by atoms with Gasteiger partial charge < -0.3 is 5.11 Å². The normalized spacial score (nSPS) is 14.1. The third-order valence-electron chi connectivity index (χ3n) is 1.94. The minimum Gasteiger partial charge on any atom is -0.507 e. The number of rotatable bonds is 0.